The summed E-state index contributed by atoms with van der Waals surface area (Å²) < 4.78 is 9.89. The van der Waals surface area contributed by atoms with Gasteiger partial charge in [0.15, 0.2) is 0 Å². The van der Waals surface area contributed by atoms with Crippen molar-refractivity contribution in [3.8, 4) is 0 Å². The lowest BCUT2D eigenvalue weighted by molar-refractivity contribution is -0.134. The second-order valence-electron chi connectivity index (χ2n) is 3.43. The maximum absolute atomic E-state index is 11.9. The summed E-state index contributed by atoms with van der Waals surface area (Å²) >= 11 is 4.81. The van der Waals surface area contributed by atoms with Crippen molar-refractivity contribution in [2.45, 2.75) is 6.92 Å². The summed E-state index contributed by atoms with van der Waals surface area (Å²) in [5.41, 5.74) is 5.45. The van der Waals surface area contributed by atoms with Crippen molar-refractivity contribution in [3.05, 3.63) is 0 Å². The molecular weight excluding hydrogens is 228 g/mol. The van der Waals surface area contributed by atoms with Gasteiger partial charge in [0.25, 0.3) is 0 Å². The second-order valence-corrected chi connectivity index (χ2v) is 3.91. The summed E-state index contributed by atoms with van der Waals surface area (Å²) in [4.78, 5) is 13.8. The van der Waals surface area contributed by atoms with Gasteiger partial charge in [0.05, 0.1) is 24.1 Å². The van der Waals surface area contributed by atoms with Crippen LogP contribution in [0.15, 0.2) is 0 Å². The number of ether oxygens (including phenoxy) is 2. The van der Waals surface area contributed by atoms with E-state index in [1.54, 1.807) is 26.0 Å². The molecule has 0 aromatic heterocycles. The Morgan fingerprint density at radius 1 is 1.31 bits per heavy atom. The average Bonchev–Trinajstić information content (AvgIpc) is 2.27. The normalized spacial score (nSPS) is 12.2. The van der Waals surface area contributed by atoms with E-state index in [0.717, 1.165) is 0 Å². The van der Waals surface area contributed by atoms with Crippen LogP contribution in [0.5, 0.6) is 0 Å². The Kier molecular flexibility index (Phi) is 8.05. The number of hydrogen-bond donors (Lipinski definition) is 1. The summed E-state index contributed by atoms with van der Waals surface area (Å²) in [6.07, 6.45) is 0. The minimum absolute atomic E-state index is 0.0819. The fraction of sp³-hybridized carbons (Fsp3) is 0.800. The molecule has 2 N–H and O–H groups in total. The molecule has 0 aromatic rings. The quantitative estimate of drug-likeness (QED) is 0.614. The minimum Gasteiger partial charge on any atom is -0.393 e. The zero-order chi connectivity index (χ0) is 12.6. The summed E-state index contributed by atoms with van der Waals surface area (Å²) in [6, 6.07) is 0. The number of methoxy groups -OCH3 is 2. The van der Waals surface area contributed by atoms with Crippen LogP contribution < -0.4 is 5.73 Å². The Hall–Kier alpha value is -0.720. The minimum atomic E-state index is -0.441. The lowest BCUT2D eigenvalue weighted by Gasteiger charge is -2.24. The molecule has 0 radical (unpaired) electrons. The largest absolute Gasteiger partial charge is 0.393 e. The van der Waals surface area contributed by atoms with Gasteiger partial charge in [-0.1, -0.05) is 12.2 Å². The van der Waals surface area contributed by atoms with Crippen LogP contribution in [0.2, 0.25) is 0 Å². The standard InChI is InChI=1S/C10H20N2O3S/c1-8(9(11)16)10(13)12(4-6-14-2)5-7-15-3/h8H,4-7H2,1-3H3,(H2,11,16). The van der Waals surface area contributed by atoms with E-state index in [2.05, 4.69) is 0 Å². The monoisotopic (exact) mass is 248 g/mol. The second kappa shape index (κ2) is 8.43. The molecule has 1 unspecified atom stereocenters. The van der Waals surface area contributed by atoms with Crippen molar-refractivity contribution in [1.82, 2.24) is 4.90 Å². The Bertz CT molecular complexity index is 228. The molecule has 1 amide bonds. The highest BCUT2D eigenvalue weighted by molar-refractivity contribution is 7.80. The van der Waals surface area contributed by atoms with Gasteiger partial charge >= 0.3 is 0 Å². The predicted molar refractivity (Wildman–Crippen MR) is 66.3 cm³/mol. The molecule has 0 spiro atoms. The third kappa shape index (κ3) is 5.39. The molecule has 0 rings (SSSR count). The van der Waals surface area contributed by atoms with Gasteiger partial charge in [-0.05, 0) is 6.92 Å². The summed E-state index contributed by atoms with van der Waals surface area (Å²) in [6.45, 7) is 3.72. The molecule has 0 aliphatic heterocycles. The zero-order valence-electron chi connectivity index (χ0n) is 10.1. The molecule has 94 valence electrons. The van der Waals surface area contributed by atoms with Gasteiger partial charge in [0.1, 0.15) is 0 Å². The highest BCUT2D eigenvalue weighted by Gasteiger charge is 2.21. The van der Waals surface area contributed by atoms with E-state index in [-0.39, 0.29) is 10.9 Å². The number of hydrogen-bond acceptors (Lipinski definition) is 4. The molecule has 1 atom stereocenters. The molecule has 0 saturated heterocycles. The first-order chi connectivity index (χ1) is 7.54. The van der Waals surface area contributed by atoms with Crippen LogP contribution in [-0.4, -0.2) is 56.3 Å². The average molecular weight is 248 g/mol. The van der Waals surface area contributed by atoms with Crippen molar-refractivity contribution in [1.29, 1.82) is 0 Å². The number of nitrogens with zero attached hydrogens (tertiary/aromatic N) is 1. The lowest BCUT2D eigenvalue weighted by Crippen LogP contribution is -2.43. The van der Waals surface area contributed by atoms with E-state index in [1.807, 2.05) is 0 Å². The van der Waals surface area contributed by atoms with Crippen LogP contribution in [0.4, 0.5) is 0 Å². The smallest absolute Gasteiger partial charge is 0.232 e. The van der Waals surface area contributed by atoms with E-state index in [4.69, 9.17) is 27.4 Å². The Morgan fingerprint density at radius 3 is 2.06 bits per heavy atom. The number of thiocarbonyl (C=S) groups is 1. The molecule has 0 aliphatic rings. The first kappa shape index (κ1) is 15.3. The van der Waals surface area contributed by atoms with Crippen molar-refractivity contribution in [2.24, 2.45) is 11.7 Å². The number of rotatable bonds is 8. The number of carbonyl (C=O) groups is 1. The topological polar surface area (TPSA) is 64.8 Å². The van der Waals surface area contributed by atoms with Gasteiger partial charge in [-0.15, -0.1) is 0 Å². The lowest BCUT2D eigenvalue weighted by atomic mass is 10.1. The van der Waals surface area contributed by atoms with Crippen LogP contribution in [0.3, 0.4) is 0 Å². The first-order valence-electron chi connectivity index (χ1n) is 5.10. The maximum Gasteiger partial charge on any atom is 0.232 e. The molecule has 0 saturated carbocycles. The van der Waals surface area contributed by atoms with Crippen molar-refractivity contribution < 1.29 is 14.3 Å². The van der Waals surface area contributed by atoms with E-state index in [1.165, 1.54) is 0 Å². The Morgan fingerprint density at radius 2 is 1.75 bits per heavy atom. The van der Waals surface area contributed by atoms with Crippen LogP contribution in [0.1, 0.15) is 6.92 Å². The Balaban J connectivity index is 4.35. The van der Waals surface area contributed by atoms with Crippen LogP contribution in [0, 0.1) is 5.92 Å². The molecule has 0 aromatic carbocycles. The zero-order valence-corrected chi connectivity index (χ0v) is 10.9. The van der Waals surface area contributed by atoms with Gasteiger partial charge in [0, 0.05) is 27.3 Å². The molecule has 6 heteroatoms. The van der Waals surface area contributed by atoms with Gasteiger partial charge in [0.2, 0.25) is 5.91 Å². The number of amides is 1. The Labute approximate surface area is 102 Å². The third-order valence-corrected chi connectivity index (χ3v) is 2.59. The highest BCUT2D eigenvalue weighted by atomic mass is 32.1. The van der Waals surface area contributed by atoms with E-state index in [0.29, 0.717) is 26.3 Å². The fourth-order valence-corrected chi connectivity index (χ4v) is 1.23. The SMILES string of the molecule is COCCN(CCOC)C(=O)C(C)C(N)=S. The van der Waals surface area contributed by atoms with Crippen LogP contribution in [0.25, 0.3) is 0 Å². The molecule has 0 fully saturated rings. The highest BCUT2D eigenvalue weighted by Crippen LogP contribution is 2.03. The molecular formula is C10H20N2O3S. The molecule has 0 heterocycles. The van der Waals surface area contributed by atoms with Crippen molar-refractivity contribution in [3.63, 3.8) is 0 Å². The van der Waals surface area contributed by atoms with Gasteiger partial charge < -0.3 is 20.1 Å². The van der Waals surface area contributed by atoms with Crippen LogP contribution in [-0.2, 0) is 14.3 Å². The summed E-state index contributed by atoms with van der Waals surface area (Å²) in [7, 11) is 3.19. The molecule has 16 heavy (non-hydrogen) atoms. The van der Waals surface area contributed by atoms with E-state index >= 15 is 0 Å². The van der Waals surface area contributed by atoms with Crippen molar-refractivity contribution >= 4 is 23.1 Å². The fourth-order valence-electron chi connectivity index (χ4n) is 1.13. The predicted octanol–water partition coefficient (Wildman–Crippen LogP) is 0.0300. The maximum atomic E-state index is 11.9. The number of carbonyl (C=O) groups excluding carboxylic acids is 1. The molecule has 0 aliphatic carbocycles. The van der Waals surface area contributed by atoms with Gasteiger partial charge in [-0.2, -0.15) is 0 Å². The van der Waals surface area contributed by atoms with Gasteiger partial charge in [-0.25, -0.2) is 0 Å². The summed E-state index contributed by atoms with van der Waals surface area (Å²) in [5, 5.41) is 0. The van der Waals surface area contributed by atoms with Crippen molar-refractivity contribution in [2.75, 3.05) is 40.5 Å². The molecule has 5 nitrogen and oxygen atoms in total. The van der Waals surface area contributed by atoms with Gasteiger partial charge in [-0.3, -0.25) is 4.79 Å². The van der Waals surface area contributed by atoms with Crippen LogP contribution >= 0.6 is 12.2 Å². The van der Waals surface area contributed by atoms with E-state index in [9.17, 15) is 4.79 Å². The van der Waals surface area contributed by atoms with E-state index < -0.39 is 5.92 Å². The first-order valence-corrected chi connectivity index (χ1v) is 5.51. The third-order valence-electron chi connectivity index (χ3n) is 2.24. The molecule has 0 bridgehead atoms. The number of nitrogens with two attached hydrogens (primary N) is 1. The summed E-state index contributed by atoms with van der Waals surface area (Å²) in [5.74, 6) is -0.523.